The first-order chi connectivity index (χ1) is 10.0. The van der Waals surface area contributed by atoms with Crippen LogP contribution < -0.4 is 5.32 Å². The third-order valence-corrected chi connectivity index (χ3v) is 4.30. The molecule has 2 rings (SSSR count). The highest BCUT2D eigenvalue weighted by molar-refractivity contribution is 7.99. The molecule has 2 nitrogen and oxygen atoms in total. The lowest BCUT2D eigenvalue weighted by molar-refractivity contribution is -0.115. The number of nitrogens with one attached hydrogen (secondary N) is 1. The van der Waals surface area contributed by atoms with E-state index in [-0.39, 0.29) is 5.91 Å². The van der Waals surface area contributed by atoms with E-state index in [1.165, 1.54) is 10.5 Å². The van der Waals surface area contributed by atoms with Gasteiger partial charge in [-0.3, -0.25) is 4.79 Å². The topological polar surface area (TPSA) is 29.1 Å². The Labute approximate surface area is 131 Å². The molecule has 0 aliphatic carbocycles. The summed E-state index contributed by atoms with van der Waals surface area (Å²) in [5, 5.41) is 2.99. The van der Waals surface area contributed by atoms with Gasteiger partial charge < -0.3 is 5.32 Å². The predicted molar refractivity (Wildman–Crippen MR) is 91.1 cm³/mol. The highest BCUT2D eigenvalue weighted by Crippen LogP contribution is 2.20. The highest BCUT2D eigenvalue weighted by atomic mass is 32.2. The monoisotopic (exact) mass is 299 g/mol. The number of carbonyl (C=O) groups excluding carboxylic acids is 1. The molecule has 0 heterocycles. The van der Waals surface area contributed by atoms with Crippen LogP contribution in [0, 0.1) is 20.8 Å². The van der Waals surface area contributed by atoms with Crippen molar-refractivity contribution in [2.24, 2.45) is 0 Å². The Balaban J connectivity index is 1.82. The first-order valence-corrected chi connectivity index (χ1v) is 8.10. The van der Waals surface area contributed by atoms with Crippen molar-refractivity contribution in [3.05, 3.63) is 59.2 Å². The molecule has 2 aromatic carbocycles. The quantitative estimate of drug-likeness (QED) is 0.808. The van der Waals surface area contributed by atoms with Crippen LogP contribution in [0.15, 0.2) is 47.4 Å². The lowest BCUT2D eigenvalue weighted by Crippen LogP contribution is -2.13. The lowest BCUT2D eigenvalue weighted by Gasteiger charge is -2.09. The molecule has 0 fully saturated rings. The molecule has 1 N–H and O–H groups in total. The van der Waals surface area contributed by atoms with Crippen molar-refractivity contribution in [3.63, 3.8) is 0 Å². The van der Waals surface area contributed by atoms with Crippen LogP contribution in [-0.2, 0) is 4.79 Å². The molecule has 1 amide bonds. The van der Waals surface area contributed by atoms with Crippen molar-refractivity contribution in [2.75, 3.05) is 11.1 Å². The van der Waals surface area contributed by atoms with Gasteiger partial charge in [-0.05, 0) is 50.1 Å². The van der Waals surface area contributed by atoms with Gasteiger partial charge in [-0.2, -0.15) is 0 Å². The Morgan fingerprint density at radius 2 is 1.67 bits per heavy atom. The maximum atomic E-state index is 12.0. The van der Waals surface area contributed by atoms with Crippen molar-refractivity contribution in [3.8, 4) is 0 Å². The second kappa shape index (κ2) is 7.32. The van der Waals surface area contributed by atoms with Gasteiger partial charge in [0, 0.05) is 22.8 Å². The molecule has 0 bridgehead atoms. The molecule has 0 saturated heterocycles. The Hall–Kier alpha value is -1.74. The number of carbonyl (C=O) groups is 1. The van der Waals surface area contributed by atoms with Gasteiger partial charge in [-0.25, -0.2) is 0 Å². The number of thioether (sulfide) groups is 1. The largest absolute Gasteiger partial charge is 0.326 e. The molecule has 0 aliphatic rings. The molecule has 0 radical (unpaired) electrons. The van der Waals surface area contributed by atoms with E-state index in [2.05, 4.69) is 42.6 Å². The van der Waals surface area contributed by atoms with Gasteiger partial charge in [0.15, 0.2) is 0 Å². The molecule has 0 saturated carbocycles. The van der Waals surface area contributed by atoms with E-state index < -0.39 is 0 Å². The minimum absolute atomic E-state index is 0.0725. The normalized spacial score (nSPS) is 10.4. The summed E-state index contributed by atoms with van der Waals surface area (Å²) in [4.78, 5) is 13.2. The average Bonchev–Trinajstić information content (AvgIpc) is 2.45. The van der Waals surface area contributed by atoms with Crippen molar-refractivity contribution < 1.29 is 4.79 Å². The SMILES string of the molecule is Cc1ccc(SCCC(=O)Nc2cc(C)ccc2C)cc1. The van der Waals surface area contributed by atoms with E-state index in [0.29, 0.717) is 6.42 Å². The van der Waals surface area contributed by atoms with Crippen LogP contribution >= 0.6 is 11.8 Å². The fraction of sp³-hybridized carbons (Fsp3) is 0.278. The Bertz CT molecular complexity index is 620. The van der Waals surface area contributed by atoms with Crippen LogP contribution in [0.5, 0.6) is 0 Å². The van der Waals surface area contributed by atoms with Gasteiger partial charge in [0.2, 0.25) is 5.91 Å². The molecule has 21 heavy (non-hydrogen) atoms. The van der Waals surface area contributed by atoms with Gasteiger partial charge in [-0.1, -0.05) is 29.8 Å². The van der Waals surface area contributed by atoms with E-state index in [1.54, 1.807) is 11.8 Å². The van der Waals surface area contributed by atoms with E-state index >= 15 is 0 Å². The van der Waals surface area contributed by atoms with Crippen LogP contribution in [0.25, 0.3) is 0 Å². The lowest BCUT2D eigenvalue weighted by atomic mass is 10.1. The summed E-state index contributed by atoms with van der Waals surface area (Å²) in [6.45, 7) is 6.12. The summed E-state index contributed by atoms with van der Waals surface area (Å²) in [6.07, 6.45) is 0.520. The number of hydrogen-bond donors (Lipinski definition) is 1. The van der Waals surface area contributed by atoms with Crippen molar-refractivity contribution in [1.82, 2.24) is 0 Å². The molecular formula is C18H21NOS. The van der Waals surface area contributed by atoms with Crippen LogP contribution in [-0.4, -0.2) is 11.7 Å². The third kappa shape index (κ3) is 4.94. The first kappa shape index (κ1) is 15.6. The third-order valence-electron chi connectivity index (χ3n) is 3.29. The zero-order chi connectivity index (χ0) is 15.2. The molecule has 2 aromatic rings. The zero-order valence-electron chi connectivity index (χ0n) is 12.8. The first-order valence-electron chi connectivity index (χ1n) is 7.11. The van der Waals surface area contributed by atoms with Gasteiger partial charge in [0.25, 0.3) is 0 Å². The van der Waals surface area contributed by atoms with Crippen LogP contribution in [0.1, 0.15) is 23.1 Å². The summed E-state index contributed by atoms with van der Waals surface area (Å²) >= 11 is 1.71. The number of amides is 1. The summed E-state index contributed by atoms with van der Waals surface area (Å²) < 4.78 is 0. The summed E-state index contributed by atoms with van der Waals surface area (Å²) in [5.74, 6) is 0.864. The molecular weight excluding hydrogens is 278 g/mol. The fourth-order valence-electron chi connectivity index (χ4n) is 1.98. The summed E-state index contributed by atoms with van der Waals surface area (Å²) in [6, 6.07) is 14.5. The van der Waals surface area contributed by atoms with Gasteiger partial charge in [-0.15, -0.1) is 11.8 Å². The minimum Gasteiger partial charge on any atom is -0.326 e. The predicted octanol–water partition coefficient (Wildman–Crippen LogP) is 4.73. The van der Waals surface area contributed by atoms with E-state index in [1.807, 2.05) is 26.0 Å². The van der Waals surface area contributed by atoms with E-state index in [0.717, 1.165) is 22.6 Å². The number of benzene rings is 2. The fourth-order valence-corrected chi connectivity index (χ4v) is 2.83. The van der Waals surface area contributed by atoms with Crippen LogP contribution in [0.4, 0.5) is 5.69 Å². The van der Waals surface area contributed by atoms with Gasteiger partial charge in [0.05, 0.1) is 0 Å². The highest BCUT2D eigenvalue weighted by Gasteiger charge is 2.05. The average molecular weight is 299 g/mol. The maximum absolute atomic E-state index is 12.0. The molecule has 0 aliphatic heterocycles. The molecule has 110 valence electrons. The van der Waals surface area contributed by atoms with Crippen molar-refractivity contribution >= 4 is 23.4 Å². The number of hydrogen-bond acceptors (Lipinski definition) is 2. The zero-order valence-corrected chi connectivity index (χ0v) is 13.6. The summed E-state index contributed by atoms with van der Waals surface area (Å²) in [5.41, 5.74) is 4.43. The van der Waals surface area contributed by atoms with Gasteiger partial charge in [0.1, 0.15) is 0 Å². The maximum Gasteiger partial charge on any atom is 0.225 e. The van der Waals surface area contributed by atoms with E-state index in [9.17, 15) is 4.79 Å². The van der Waals surface area contributed by atoms with Crippen molar-refractivity contribution in [2.45, 2.75) is 32.1 Å². The number of rotatable bonds is 5. The second-order valence-electron chi connectivity index (χ2n) is 5.28. The minimum atomic E-state index is 0.0725. The molecule has 0 aromatic heterocycles. The Kier molecular flexibility index (Phi) is 5.45. The smallest absolute Gasteiger partial charge is 0.225 e. The number of aryl methyl sites for hydroxylation is 3. The van der Waals surface area contributed by atoms with Gasteiger partial charge >= 0.3 is 0 Å². The van der Waals surface area contributed by atoms with Crippen LogP contribution in [0.3, 0.4) is 0 Å². The number of anilines is 1. The molecule has 3 heteroatoms. The standard InChI is InChI=1S/C18H21NOS/c1-13-5-8-16(9-6-13)21-11-10-18(20)19-17-12-14(2)4-7-15(17)3/h4-9,12H,10-11H2,1-3H3,(H,19,20). The van der Waals surface area contributed by atoms with Crippen LogP contribution in [0.2, 0.25) is 0 Å². The molecule has 0 unspecified atom stereocenters. The van der Waals surface area contributed by atoms with E-state index in [4.69, 9.17) is 0 Å². The second-order valence-corrected chi connectivity index (χ2v) is 6.45. The molecule has 0 atom stereocenters. The summed E-state index contributed by atoms with van der Waals surface area (Å²) in [7, 11) is 0. The Morgan fingerprint density at radius 3 is 2.38 bits per heavy atom. The van der Waals surface area contributed by atoms with Crippen molar-refractivity contribution in [1.29, 1.82) is 0 Å². The Morgan fingerprint density at radius 1 is 1.00 bits per heavy atom. The molecule has 0 spiro atoms.